The van der Waals surface area contributed by atoms with Gasteiger partial charge in [0.2, 0.25) is 0 Å². The third-order valence-electron chi connectivity index (χ3n) is 3.47. The van der Waals surface area contributed by atoms with Crippen LogP contribution in [0, 0.1) is 5.41 Å². The van der Waals surface area contributed by atoms with Gasteiger partial charge in [-0.2, -0.15) is 0 Å². The summed E-state index contributed by atoms with van der Waals surface area (Å²) in [5, 5.41) is 0. The van der Waals surface area contributed by atoms with E-state index in [-0.39, 0.29) is 11.3 Å². The van der Waals surface area contributed by atoms with Crippen LogP contribution in [-0.2, 0) is 4.79 Å². The number of thiazole rings is 1. The van der Waals surface area contributed by atoms with E-state index in [1.807, 2.05) is 39.8 Å². The zero-order valence-corrected chi connectivity index (χ0v) is 16.0. The maximum Gasteiger partial charge on any atom is 0.266 e. The first-order valence-electron chi connectivity index (χ1n) is 8.02. The predicted octanol–water partition coefficient (Wildman–Crippen LogP) is 2.07. The Bertz CT molecular complexity index is 932. The van der Waals surface area contributed by atoms with Gasteiger partial charge in [0.05, 0.1) is 22.9 Å². The van der Waals surface area contributed by atoms with Crippen molar-refractivity contribution in [3.8, 4) is 11.5 Å². The van der Waals surface area contributed by atoms with E-state index >= 15 is 0 Å². The highest BCUT2D eigenvalue weighted by Gasteiger charge is 2.18. The van der Waals surface area contributed by atoms with Crippen molar-refractivity contribution < 1.29 is 14.3 Å². The van der Waals surface area contributed by atoms with Crippen molar-refractivity contribution >= 4 is 29.3 Å². The lowest BCUT2D eigenvalue weighted by Gasteiger charge is -2.12. The minimum atomic E-state index is -0.479. The molecular weight excluding hydrogens is 338 g/mol. The quantitative estimate of drug-likeness (QED) is 0.885. The molecule has 0 amide bonds. The number of ether oxygens (including phenoxy) is 2. The van der Waals surface area contributed by atoms with Gasteiger partial charge in [-0.05, 0) is 30.7 Å². The summed E-state index contributed by atoms with van der Waals surface area (Å²) in [5.41, 5.74) is 0.129. The molecule has 0 spiro atoms. The van der Waals surface area contributed by atoms with Crippen molar-refractivity contribution in [3.05, 3.63) is 43.3 Å². The van der Waals surface area contributed by atoms with Gasteiger partial charge in [-0.25, -0.2) is 0 Å². The first kappa shape index (κ1) is 19.0. The Balaban J connectivity index is 2.46. The second-order valence-corrected chi connectivity index (χ2v) is 7.61. The standard InChI is InChI=1S/C19H23NO4S/c1-6-24-14-9-12(7-8-13(14)23-5)10-15-18(22)20-17(25-15)11-16(21)19(2,3)4/h7-11H,6H2,1-5H3,(H,20,22). The molecule has 0 aliphatic carbocycles. The lowest BCUT2D eigenvalue weighted by Crippen LogP contribution is -2.22. The summed E-state index contributed by atoms with van der Waals surface area (Å²) in [5.74, 6) is 1.24. The number of rotatable bonds is 5. The highest BCUT2D eigenvalue weighted by atomic mass is 32.1. The Morgan fingerprint density at radius 2 is 2.00 bits per heavy atom. The van der Waals surface area contributed by atoms with Gasteiger partial charge in [0.25, 0.3) is 5.56 Å². The molecule has 0 bridgehead atoms. The normalized spacial score (nSPS) is 13.2. The van der Waals surface area contributed by atoms with E-state index in [1.165, 1.54) is 17.4 Å². The molecule has 5 nitrogen and oxygen atoms in total. The van der Waals surface area contributed by atoms with E-state index < -0.39 is 5.41 Å². The Morgan fingerprint density at radius 3 is 2.60 bits per heavy atom. The number of carbonyl (C=O) groups is 1. The molecule has 6 heteroatoms. The van der Waals surface area contributed by atoms with Gasteiger partial charge in [0.15, 0.2) is 17.3 Å². The first-order valence-corrected chi connectivity index (χ1v) is 8.84. The predicted molar refractivity (Wildman–Crippen MR) is 101 cm³/mol. The van der Waals surface area contributed by atoms with Crippen LogP contribution < -0.4 is 24.2 Å². The molecular formula is C19H23NO4S. The van der Waals surface area contributed by atoms with Crippen molar-refractivity contribution in [1.29, 1.82) is 0 Å². The molecule has 0 atom stereocenters. The van der Waals surface area contributed by atoms with Crippen LogP contribution in [0.15, 0.2) is 23.0 Å². The fourth-order valence-electron chi connectivity index (χ4n) is 2.06. The SMILES string of the molecule is CCOc1cc(C=c2sc(=CC(=O)C(C)(C)C)[nH]c2=O)ccc1OC. The van der Waals surface area contributed by atoms with E-state index in [2.05, 4.69) is 4.98 Å². The average Bonchev–Trinajstić information content (AvgIpc) is 2.86. The number of Topliss-reactive ketones (excluding diaryl/α,β-unsaturated/α-hetero) is 1. The average molecular weight is 361 g/mol. The number of aromatic nitrogens is 1. The summed E-state index contributed by atoms with van der Waals surface area (Å²) in [4.78, 5) is 27.0. The smallest absolute Gasteiger partial charge is 0.266 e. The largest absolute Gasteiger partial charge is 0.493 e. The van der Waals surface area contributed by atoms with Gasteiger partial charge >= 0.3 is 0 Å². The van der Waals surface area contributed by atoms with Crippen LogP contribution in [0.4, 0.5) is 0 Å². The van der Waals surface area contributed by atoms with E-state index in [0.717, 1.165) is 5.56 Å². The van der Waals surface area contributed by atoms with Crippen LogP contribution in [0.1, 0.15) is 33.3 Å². The molecule has 0 fully saturated rings. The summed E-state index contributed by atoms with van der Waals surface area (Å²) in [7, 11) is 1.58. The summed E-state index contributed by atoms with van der Waals surface area (Å²) in [6, 6.07) is 5.48. The molecule has 25 heavy (non-hydrogen) atoms. The second-order valence-electron chi connectivity index (χ2n) is 6.53. The highest BCUT2D eigenvalue weighted by molar-refractivity contribution is 7.07. The van der Waals surface area contributed by atoms with E-state index in [1.54, 1.807) is 19.3 Å². The van der Waals surface area contributed by atoms with Crippen LogP contribution in [0.3, 0.4) is 0 Å². The molecule has 0 radical (unpaired) electrons. The Kier molecular flexibility index (Phi) is 5.85. The number of hydrogen-bond donors (Lipinski definition) is 1. The molecule has 1 aromatic carbocycles. The van der Waals surface area contributed by atoms with Crippen LogP contribution in [0.2, 0.25) is 0 Å². The lowest BCUT2D eigenvalue weighted by molar-refractivity contribution is -0.119. The van der Waals surface area contributed by atoms with Gasteiger partial charge in [0.1, 0.15) is 0 Å². The minimum absolute atomic E-state index is 0.0281. The lowest BCUT2D eigenvalue weighted by atomic mass is 9.91. The number of aromatic amines is 1. The molecule has 1 heterocycles. The fourth-order valence-corrected chi connectivity index (χ4v) is 2.95. The first-order chi connectivity index (χ1) is 11.7. The maximum absolute atomic E-state index is 12.1. The molecule has 0 saturated heterocycles. The number of ketones is 1. The summed E-state index contributed by atoms with van der Waals surface area (Å²) < 4.78 is 11.9. The molecule has 2 aromatic rings. The number of hydrogen-bond acceptors (Lipinski definition) is 5. The Hall–Kier alpha value is -2.34. The molecule has 0 saturated carbocycles. The summed E-state index contributed by atoms with van der Waals surface area (Å²) in [6.07, 6.45) is 3.26. The number of benzene rings is 1. The van der Waals surface area contributed by atoms with E-state index in [9.17, 15) is 9.59 Å². The zero-order chi connectivity index (χ0) is 18.6. The van der Waals surface area contributed by atoms with E-state index in [0.29, 0.717) is 27.3 Å². The van der Waals surface area contributed by atoms with Crippen LogP contribution in [0.5, 0.6) is 11.5 Å². The number of nitrogens with one attached hydrogen (secondary N) is 1. The third kappa shape index (κ3) is 4.82. The molecule has 1 N–H and O–H groups in total. The van der Waals surface area contributed by atoms with Gasteiger partial charge in [-0.15, -0.1) is 11.3 Å². The van der Waals surface area contributed by atoms with Gasteiger partial charge in [-0.1, -0.05) is 26.8 Å². The van der Waals surface area contributed by atoms with Crippen molar-refractivity contribution in [2.45, 2.75) is 27.7 Å². The highest BCUT2D eigenvalue weighted by Crippen LogP contribution is 2.28. The number of methoxy groups -OCH3 is 1. The van der Waals surface area contributed by atoms with E-state index in [4.69, 9.17) is 9.47 Å². The van der Waals surface area contributed by atoms with Crippen LogP contribution in [0.25, 0.3) is 12.2 Å². The third-order valence-corrected chi connectivity index (χ3v) is 4.43. The van der Waals surface area contributed by atoms with Crippen molar-refractivity contribution in [3.63, 3.8) is 0 Å². The number of H-pyrrole nitrogens is 1. The summed E-state index contributed by atoms with van der Waals surface area (Å²) >= 11 is 1.26. The molecule has 134 valence electrons. The molecule has 0 aliphatic rings. The summed E-state index contributed by atoms with van der Waals surface area (Å²) in [6.45, 7) is 7.95. The Labute approximate surface area is 150 Å². The van der Waals surface area contributed by atoms with Crippen molar-refractivity contribution in [2.75, 3.05) is 13.7 Å². The fraction of sp³-hybridized carbons (Fsp3) is 0.368. The molecule has 2 rings (SSSR count). The van der Waals surface area contributed by atoms with Crippen molar-refractivity contribution in [2.24, 2.45) is 5.41 Å². The molecule has 1 aromatic heterocycles. The topological polar surface area (TPSA) is 68.4 Å². The minimum Gasteiger partial charge on any atom is -0.493 e. The monoisotopic (exact) mass is 361 g/mol. The van der Waals surface area contributed by atoms with Gasteiger partial charge in [0, 0.05) is 11.5 Å². The molecule has 0 unspecified atom stereocenters. The van der Waals surface area contributed by atoms with Gasteiger partial charge < -0.3 is 14.5 Å². The Morgan fingerprint density at radius 1 is 1.28 bits per heavy atom. The number of carbonyl (C=O) groups excluding carboxylic acids is 1. The maximum atomic E-state index is 12.1. The zero-order valence-electron chi connectivity index (χ0n) is 15.1. The van der Waals surface area contributed by atoms with Crippen LogP contribution >= 0.6 is 11.3 Å². The van der Waals surface area contributed by atoms with Gasteiger partial charge in [-0.3, -0.25) is 9.59 Å². The molecule has 0 aliphatic heterocycles. The second kappa shape index (κ2) is 7.70. The van der Waals surface area contributed by atoms with Crippen molar-refractivity contribution in [1.82, 2.24) is 4.98 Å². The van der Waals surface area contributed by atoms with Crippen LogP contribution in [-0.4, -0.2) is 24.5 Å².